The molecule has 6 rings (SSSR count). The van der Waals surface area contributed by atoms with Gasteiger partial charge in [-0.05, 0) is 81.0 Å². The fraction of sp³-hybridized carbons (Fsp3) is 0.897. The summed E-state index contributed by atoms with van der Waals surface area (Å²) in [5.41, 5.74) is 0.499. The molecular weight excluding hydrogens is 432 g/mol. The molecule has 11 atom stereocenters. The van der Waals surface area contributed by atoms with Crippen LogP contribution in [0.3, 0.4) is 0 Å². The predicted octanol–water partition coefficient (Wildman–Crippen LogP) is 6.92. The summed E-state index contributed by atoms with van der Waals surface area (Å²) in [6.07, 6.45) is 9.25. The van der Waals surface area contributed by atoms with Gasteiger partial charge < -0.3 is 9.47 Å². The van der Waals surface area contributed by atoms with Crippen molar-refractivity contribution in [2.45, 2.75) is 115 Å². The molecule has 33 heavy (non-hydrogen) atoms. The Morgan fingerprint density at radius 1 is 1.15 bits per heavy atom. The van der Waals surface area contributed by atoms with Crippen molar-refractivity contribution >= 4 is 17.4 Å². The molecule has 0 aromatic carbocycles. The molecule has 11 unspecified atom stereocenters. The van der Waals surface area contributed by atoms with Gasteiger partial charge in [-0.2, -0.15) is 0 Å². The summed E-state index contributed by atoms with van der Waals surface area (Å²) in [6.45, 7) is 15.9. The molecule has 0 aromatic rings. The molecule has 4 aliphatic carbocycles. The van der Waals surface area contributed by atoms with Gasteiger partial charge in [0.2, 0.25) is 0 Å². The average Bonchev–Trinajstić information content (AvgIpc) is 3.26. The normalized spacial score (nSPS) is 56.6. The molecule has 2 bridgehead atoms. The van der Waals surface area contributed by atoms with E-state index in [4.69, 9.17) is 21.1 Å². The van der Waals surface area contributed by atoms with Gasteiger partial charge in [0.05, 0.1) is 16.9 Å². The number of halogens is 1. The van der Waals surface area contributed by atoms with E-state index in [0.29, 0.717) is 30.0 Å². The molecule has 4 saturated carbocycles. The lowest BCUT2D eigenvalue weighted by molar-refractivity contribution is -0.244. The fourth-order valence-corrected chi connectivity index (χ4v) is 10.6. The van der Waals surface area contributed by atoms with E-state index in [9.17, 15) is 4.79 Å². The highest BCUT2D eigenvalue weighted by Crippen LogP contribution is 2.78. The van der Waals surface area contributed by atoms with E-state index in [1.807, 2.05) is 0 Å². The van der Waals surface area contributed by atoms with Crippen LogP contribution in [0, 0.1) is 46.3 Å². The fourth-order valence-electron chi connectivity index (χ4n) is 10.1. The van der Waals surface area contributed by atoms with Crippen LogP contribution in [0.25, 0.3) is 0 Å². The van der Waals surface area contributed by atoms with Crippen LogP contribution in [-0.4, -0.2) is 28.7 Å². The number of ether oxygens (including phenoxy) is 2. The van der Waals surface area contributed by atoms with E-state index in [2.05, 4.69) is 41.2 Å². The van der Waals surface area contributed by atoms with E-state index < -0.39 is 5.60 Å². The largest absolute Gasteiger partial charge is 0.346 e. The Balaban J connectivity index is 1.36. The molecule has 2 heterocycles. The Labute approximate surface area is 205 Å². The third-order valence-corrected chi connectivity index (χ3v) is 12.5. The summed E-state index contributed by atoms with van der Waals surface area (Å²) in [4.78, 5) is 13.9. The topological polar surface area (TPSA) is 35.5 Å². The first-order valence-electron chi connectivity index (χ1n) is 13.7. The van der Waals surface area contributed by atoms with Crippen molar-refractivity contribution in [3.63, 3.8) is 0 Å². The third-order valence-electron chi connectivity index (χ3n) is 12.0. The SMILES string of the molecule is C=C(CCC1(C)OC2OC34C(Cl)CC5CC(C)CCC5(C)C3CCC23C1CC(=O)C34)C(C)C. The van der Waals surface area contributed by atoms with Crippen LogP contribution in [0.4, 0.5) is 0 Å². The van der Waals surface area contributed by atoms with Crippen LogP contribution in [0.2, 0.25) is 0 Å². The van der Waals surface area contributed by atoms with Crippen LogP contribution >= 0.6 is 11.6 Å². The first kappa shape index (κ1) is 23.0. The predicted molar refractivity (Wildman–Crippen MR) is 131 cm³/mol. The van der Waals surface area contributed by atoms with Gasteiger partial charge in [-0.1, -0.05) is 46.3 Å². The second kappa shape index (κ2) is 7.10. The molecule has 2 saturated heterocycles. The maximum Gasteiger partial charge on any atom is 0.165 e. The second-order valence-electron chi connectivity index (χ2n) is 13.7. The maximum atomic E-state index is 13.9. The van der Waals surface area contributed by atoms with Crippen molar-refractivity contribution in [2.75, 3.05) is 0 Å². The van der Waals surface area contributed by atoms with Gasteiger partial charge in [0.25, 0.3) is 0 Å². The quantitative estimate of drug-likeness (QED) is 0.327. The summed E-state index contributed by atoms with van der Waals surface area (Å²) >= 11 is 7.33. The van der Waals surface area contributed by atoms with Crippen molar-refractivity contribution in [1.82, 2.24) is 0 Å². The van der Waals surface area contributed by atoms with Crippen LogP contribution in [0.15, 0.2) is 12.2 Å². The van der Waals surface area contributed by atoms with Gasteiger partial charge in [-0.15, -0.1) is 11.6 Å². The summed E-state index contributed by atoms with van der Waals surface area (Å²) in [5, 5.41) is -0.0862. The minimum Gasteiger partial charge on any atom is -0.346 e. The summed E-state index contributed by atoms with van der Waals surface area (Å²) in [6, 6.07) is 0. The number of hydrogen-bond acceptors (Lipinski definition) is 3. The molecular formula is C29H43ClO3. The molecule has 4 heteroatoms. The molecule has 0 radical (unpaired) electrons. The van der Waals surface area contributed by atoms with Crippen molar-refractivity contribution in [2.24, 2.45) is 46.3 Å². The Kier molecular flexibility index (Phi) is 4.96. The van der Waals surface area contributed by atoms with Crippen LogP contribution in [0.5, 0.6) is 0 Å². The molecule has 0 amide bonds. The number of carbonyl (C=O) groups is 1. The van der Waals surface area contributed by atoms with E-state index in [0.717, 1.165) is 38.0 Å². The lowest BCUT2D eigenvalue weighted by Gasteiger charge is -2.63. The number of ketones is 1. The standard InChI is InChI=1S/C29H43ClO3/c1-16(2)18(4)8-11-27(6)22-15-20(31)24-28(22)12-9-21-26(5)10-7-17(3)13-19(26)14-23(30)29(21,24)33-25(28)32-27/h16-17,19,21-25H,4,7-15H2,1-3,5-6H3. The third kappa shape index (κ3) is 2.69. The minimum absolute atomic E-state index is 0.0755. The Bertz CT molecular complexity index is 884. The number of allylic oxidation sites excluding steroid dienone is 1. The monoisotopic (exact) mass is 474 g/mol. The van der Waals surface area contributed by atoms with Gasteiger partial charge in [-0.25, -0.2) is 0 Å². The molecule has 6 aliphatic rings. The molecule has 3 nitrogen and oxygen atoms in total. The number of Topliss-reactive ketones (excluding diaryl/α,β-unsaturated/α-hetero) is 1. The van der Waals surface area contributed by atoms with Crippen molar-refractivity contribution in [3.8, 4) is 0 Å². The maximum absolute atomic E-state index is 13.9. The number of rotatable bonds is 4. The van der Waals surface area contributed by atoms with Gasteiger partial charge in [-0.3, -0.25) is 4.79 Å². The van der Waals surface area contributed by atoms with E-state index in [1.54, 1.807) is 0 Å². The average molecular weight is 475 g/mol. The van der Waals surface area contributed by atoms with Crippen molar-refractivity contribution < 1.29 is 14.3 Å². The Hall–Kier alpha value is -0.380. The van der Waals surface area contributed by atoms with Gasteiger partial charge >= 0.3 is 0 Å². The lowest BCUT2D eigenvalue weighted by atomic mass is 9.43. The molecule has 6 fully saturated rings. The van der Waals surface area contributed by atoms with E-state index >= 15 is 0 Å². The zero-order valence-corrected chi connectivity index (χ0v) is 22.0. The molecule has 0 N–H and O–H groups in total. The van der Waals surface area contributed by atoms with Crippen molar-refractivity contribution in [3.05, 3.63) is 12.2 Å². The minimum atomic E-state index is -0.523. The van der Waals surface area contributed by atoms with Crippen LogP contribution < -0.4 is 0 Å². The summed E-state index contributed by atoms with van der Waals surface area (Å²) in [7, 11) is 0. The van der Waals surface area contributed by atoms with Crippen LogP contribution in [-0.2, 0) is 14.3 Å². The van der Waals surface area contributed by atoms with E-state index in [-0.39, 0.29) is 39.9 Å². The number of fused-ring (bicyclic) bond motifs is 2. The zero-order chi connectivity index (χ0) is 23.6. The van der Waals surface area contributed by atoms with Gasteiger partial charge in [0, 0.05) is 17.8 Å². The highest BCUT2D eigenvalue weighted by molar-refractivity contribution is 6.22. The smallest absolute Gasteiger partial charge is 0.165 e. The molecule has 184 valence electrons. The lowest BCUT2D eigenvalue weighted by Crippen LogP contribution is -2.67. The number of carbonyl (C=O) groups excluding carboxylic acids is 1. The molecule has 2 aliphatic heterocycles. The Morgan fingerprint density at radius 2 is 1.91 bits per heavy atom. The summed E-state index contributed by atoms with van der Waals surface area (Å²) < 4.78 is 14.0. The van der Waals surface area contributed by atoms with Crippen LogP contribution in [0.1, 0.15) is 92.4 Å². The zero-order valence-electron chi connectivity index (χ0n) is 21.3. The van der Waals surface area contributed by atoms with Crippen molar-refractivity contribution in [1.29, 1.82) is 0 Å². The number of alkyl halides is 1. The first-order chi connectivity index (χ1) is 15.5. The van der Waals surface area contributed by atoms with Gasteiger partial charge in [0.15, 0.2) is 6.29 Å². The number of hydrogen-bond donors (Lipinski definition) is 0. The Morgan fingerprint density at radius 3 is 2.64 bits per heavy atom. The summed E-state index contributed by atoms with van der Waals surface area (Å²) in [5.74, 6) is 2.87. The second-order valence-corrected chi connectivity index (χ2v) is 14.2. The van der Waals surface area contributed by atoms with Gasteiger partial charge in [0.1, 0.15) is 11.4 Å². The highest BCUT2D eigenvalue weighted by Gasteiger charge is 2.84. The van der Waals surface area contributed by atoms with E-state index in [1.165, 1.54) is 24.8 Å². The molecule has 2 spiro atoms. The first-order valence-corrected chi connectivity index (χ1v) is 14.1. The highest BCUT2D eigenvalue weighted by atomic mass is 35.5. The molecule has 0 aromatic heterocycles.